The number of fused-ring (bicyclic) bond motifs is 1. The van der Waals surface area contributed by atoms with Crippen LogP contribution >= 0.6 is 0 Å². The van der Waals surface area contributed by atoms with Crippen molar-refractivity contribution in [1.29, 1.82) is 0 Å². The SMILES string of the molecule is C=C1CCc2cc(C)c(C)cc2C1. The highest BCUT2D eigenvalue weighted by Gasteiger charge is 2.12. The van der Waals surface area contributed by atoms with Gasteiger partial charge < -0.3 is 0 Å². The van der Waals surface area contributed by atoms with E-state index < -0.39 is 0 Å². The quantitative estimate of drug-likeness (QED) is 0.526. The van der Waals surface area contributed by atoms with Gasteiger partial charge in [-0.05, 0) is 55.4 Å². The summed E-state index contributed by atoms with van der Waals surface area (Å²) in [6.45, 7) is 8.45. The lowest BCUT2D eigenvalue weighted by molar-refractivity contribution is 0.837. The van der Waals surface area contributed by atoms with E-state index in [-0.39, 0.29) is 0 Å². The van der Waals surface area contributed by atoms with Crippen LogP contribution in [0.5, 0.6) is 0 Å². The number of benzene rings is 1. The third-order valence-corrected chi connectivity index (χ3v) is 3.00. The van der Waals surface area contributed by atoms with E-state index in [1.165, 1.54) is 40.7 Å². The Morgan fingerprint density at radius 3 is 2.31 bits per heavy atom. The van der Waals surface area contributed by atoms with E-state index in [9.17, 15) is 0 Å². The van der Waals surface area contributed by atoms with Crippen molar-refractivity contribution < 1.29 is 0 Å². The van der Waals surface area contributed by atoms with Crippen molar-refractivity contribution in [1.82, 2.24) is 0 Å². The lowest BCUT2D eigenvalue weighted by Gasteiger charge is -2.19. The van der Waals surface area contributed by atoms with Crippen molar-refractivity contribution in [2.45, 2.75) is 33.1 Å². The number of aryl methyl sites for hydroxylation is 3. The molecule has 0 atom stereocenters. The van der Waals surface area contributed by atoms with Crippen LogP contribution in [0.3, 0.4) is 0 Å². The van der Waals surface area contributed by atoms with Crippen LogP contribution in [-0.4, -0.2) is 0 Å². The van der Waals surface area contributed by atoms with E-state index in [0.29, 0.717) is 0 Å². The summed E-state index contributed by atoms with van der Waals surface area (Å²) < 4.78 is 0. The van der Waals surface area contributed by atoms with Gasteiger partial charge in [-0.1, -0.05) is 24.3 Å². The molecule has 0 amide bonds. The zero-order valence-corrected chi connectivity index (χ0v) is 8.48. The molecule has 0 aliphatic heterocycles. The Morgan fingerprint density at radius 1 is 1.00 bits per heavy atom. The number of allylic oxidation sites excluding steroid dienone is 1. The predicted molar refractivity (Wildman–Crippen MR) is 57.1 cm³/mol. The van der Waals surface area contributed by atoms with Crippen molar-refractivity contribution in [2.75, 3.05) is 0 Å². The van der Waals surface area contributed by atoms with Crippen LogP contribution in [0, 0.1) is 13.8 Å². The fourth-order valence-electron chi connectivity index (χ4n) is 2.00. The number of hydrogen-bond acceptors (Lipinski definition) is 0. The molecule has 1 aromatic carbocycles. The van der Waals surface area contributed by atoms with Gasteiger partial charge in [-0.3, -0.25) is 0 Å². The molecule has 0 aromatic heterocycles. The molecule has 0 spiro atoms. The molecule has 0 fully saturated rings. The van der Waals surface area contributed by atoms with Crippen molar-refractivity contribution in [3.8, 4) is 0 Å². The Bertz CT molecular complexity index is 359. The molecule has 0 saturated heterocycles. The normalized spacial score (nSPS) is 15.7. The molecule has 68 valence electrons. The maximum absolute atomic E-state index is 4.07. The maximum atomic E-state index is 4.07. The third kappa shape index (κ3) is 1.53. The molecule has 0 radical (unpaired) electrons. The molecule has 0 saturated carbocycles. The van der Waals surface area contributed by atoms with Crippen LogP contribution < -0.4 is 0 Å². The predicted octanol–water partition coefficient (Wildman–Crippen LogP) is 3.35. The van der Waals surface area contributed by atoms with Gasteiger partial charge in [-0.15, -0.1) is 0 Å². The van der Waals surface area contributed by atoms with Crippen molar-refractivity contribution in [3.05, 3.63) is 46.5 Å². The van der Waals surface area contributed by atoms with Gasteiger partial charge in [-0.25, -0.2) is 0 Å². The highest BCUT2D eigenvalue weighted by molar-refractivity contribution is 5.41. The van der Waals surface area contributed by atoms with Gasteiger partial charge in [0.05, 0.1) is 0 Å². The summed E-state index contributed by atoms with van der Waals surface area (Å²) in [5.74, 6) is 0. The van der Waals surface area contributed by atoms with Crippen LogP contribution in [0.2, 0.25) is 0 Å². The molecule has 1 aliphatic rings. The minimum absolute atomic E-state index is 1.09. The molecule has 2 rings (SSSR count). The summed E-state index contributed by atoms with van der Waals surface area (Å²) in [5, 5.41) is 0. The Hall–Kier alpha value is -1.04. The van der Waals surface area contributed by atoms with E-state index in [4.69, 9.17) is 0 Å². The average molecular weight is 172 g/mol. The van der Waals surface area contributed by atoms with Gasteiger partial charge in [0.25, 0.3) is 0 Å². The Kier molecular flexibility index (Phi) is 1.99. The highest BCUT2D eigenvalue weighted by atomic mass is 14.2. The fourth-order valence-corrected chi connectivity index (χ4v) is 2.00. The van der Waals surface area contributed by atoms with Crippen LogP contribution in [0.25, 0.3) is 0 Å². The van der Waals surface area contributed by atoms with E-state index in [1.807, 2.05) is 0 Å². The van der Waals surface area contributed by atoms with Gasteiger partial charge in [-0.2, -0.15) is 0 Å². The summed E-state index contributed by atoms with van der Waals surface area (Å²) in [7, 11) is 0. The zero-order chi connectivity index (χ0) is 9.42. The first-order valence-electron chi connectivity index (χ1n) is 4.92. The maximum Gasteiger partial charge on any atom is -0.00669 e. The van der Waals surface area contributed by atoms with E-state index in [1.54, 1.807) is 0 Å². The molecule has 0 N–H and O–H groups in total. The second-order valence-corrected chi connectivity index (χ2v) is 4.13. The average Bonchev–Trinajstić information content (AvgIpc) is 2.08. The monoisotopic (exact) mass is 172 g/mol. The summed E-state index contributed by atoms with van der Waals surface area (Å²) in [4.78, 5) is 0. The minimum atomic E-state index is 1.09. The molecular weight excluding hydrogens is 156 g/mol. The molecule has 0 nitrogen and oxygen atoms in total. The molecule has 0 heterocycles. The van der Waals surface area contributed by atoms with Gasteiger partial charge >= 0.3 is 0 Å². The lowest BCUT2D eigenvalue weighted by atomic mass is 9.86. The molecule has 1 aliphatic carbocycles. The van der Waals surface area contributed by atoms with Crippen LogP contribution in [0.1, 0.15) is 28.7 Å². The first-order valence-corrected chi connectivity index (χ1v) is 4.92. The van der Waals surface area contributed by atoms with Gasteiger partial charge in [0.1, 0.15) is 0 Å². The standard InChI is InChI=1S/C13H16/c1-9-4-5-12-7-10(2)11(3)8-13(12)6-9/h7-8H,1,4-6H2,2-3H3. The largest absolute Gasteiger partial charge is 0.0995 e. The summed E-state index contributed by atoms with van der Waals surface area (Å²) in [6.07, 6.45) is 3.46. The summed E-state index contributed by atoms with van der Waals surface area (Å²) in [5.41, 5.74) is 7.25. The van der Waals surface area contributed by atoms with Crippen molar-refractivity contribution in [3.63, 3.8) is 0 Å². The van der Waals surface area contributed by atoms with E-state index in [0.717, 1.165) is 6.42 Å². The molecular formula is C13H16. The summed E-state index contributed by atoms with van der Waals surface area (Å²) in [6, 6.07) is 4.67. The second kappa shape index (κ2) is 3.02. The first kappa shape index (κ1) is 8.55. The zero-order valence-electron chi connectivity index (χ0n) is 8.48. The first-order chi connectivity index (χ1) is 6.16. The third-order valence-electron chi connectivity index (χ3n) is 3.00. The van der Waals surface area contributed by atoms with Crippen LogP contribution in [0.15, 0.2) is 24.3 Å². The molecule has 0 unspecified atom stereocenters. The topological polar surface area (TPSA) is 0 Å². The van der Waals surface area contributed by atoms with Crippen molar-refractivity contribution in [2.24, 2.45) is 0 Å². The van der Waals surface area contributed by atoms with Crippen LogP contribution in [-0.2, 0) is 12.8 Å². The van der Waals surface area contributed by atoms with Gasteiger partial charge in [0, 0.05) is 0 Å². The Balaban J connectivity index is 2.49. The molecule has 0 heteroatoms. The van der Waals surface area contributed by atoms with Crippen LogP contribution in [0.4, 0.5) is 0 Å². The highest BCUT2D eigenvalue weighted by Crippen LogP contribution is 2.26. The van der Waals surface area contributed by atoms with E-state index >= 15 is 0 Å². The fraction of sp³-hybridized carbons (Fsp3) is 0.385. The molecule has 13 heavy (non-hydrogen) atoms. The summed E-state index contributed by atoms with van der Waals surface area (Å²) >= 11 is 0. The smallest absolute Gasteiger partial charge is 0.00669 e. The number of rotatable bonds is 0. The Labute approximate surface area is 80.3 Å². The lowest BCUT2D eigenvalue weighted by Crippen LogP contribution is -2.05. The van der Waals surface area contributed by atoms with Crippen molar-refractivity contribution >= 4 is 0 Å². The molecule has 0 bridgehead atoms. The second-order valence-electron chi connectivity index (χ2n) is 4.13. The minimum Gasteiger partial charge on any atom is -0.0995 e. The molecule has 1 aromatic rings. The number of hydrogen-bond donors (Lipinski definition) is 0. The van der Waals surface area contributed by atoms with Gasteiger partial charge in [0.15, 0.2) is 0 Å². The van der Waals surface area contributed by atoms with E-state index in [2.05, 4.69) is 32.6 Å². The van der Waals surface area contributed by atoms with Gasteiger partial charge in [0.2, 0.25) is 0 Å². The Morgan fingerprint density at radius 2 is 1.62 bits per heavy atom.